The van der Waals surface area contributed by atoms with Crippen LogP contribution in [0.3, 0.4) is 0 Å². The van der Waals surface area contributed by atoms with Gasteiger partial charge in [-0.25, -0.2) is 9.79 Å². The first kappa shape index (κ1) is 20.2. The lowest BCUT2D eigenvalue weighted by Crippen LogP contribution is -2.14. The Morgan fingerprint density at radius 1 is 1.24 bits per heavy atom. The Labute approximate surface area is 170 Å². The fourth-order valence-electron chi connectivity index (χ4n) is 2.34. The number of non-ortho nitro benzene ring substituents is 1. The highest BCUT2D eigenvalue weighted by Crippen LogP contribution is 2.27. The maximum absolute atomic E-state index is 12.1. The predicted octanol–water partition coefficient (Wildman–Crippen LogP) is 4.15. The molecule has 1 aliphatic rings. The van der Waals surface area contributed by atoms with E-state index in [2.05, 4.69) is 4.99 Å². The summed E-state index contributed by atoms with van der Waals surface area (Å²) in [5.74, 6) is -1.04. The molecule has 1 heterocycles. The number of hydrogen-bond donors (Lipinski definition) is 0. The minimum Gasteiger partial charge on any atom is -0.426 e. The van der Waals surface area contributed by atoms with E-state index in [9.17, 15) is 19.7 Å². The summed E-state index contributed by atoms with van der Waals surface area (Å²) in [6.07, 6.45) is 1.48. The Bertz CT molecular complexity index is 1060. The van der Waals surface area contributed by atoms with E-state index in [1.54, 1.807) is 38.1 Å². The molecule has 0 aromatic heterocycles. The van der Waals surface area contributed by atoms with Crippen LogP contribution >= 0.6 is 11.6 Å². The van der Waals surface area contributed by atoms with Gasteiger partial charge >= 0.3 is 11.9 Å². The number of esters is 2. The summed E-state index contributed by atoms with van der Waals surface area (Å²) < 4.78 is 10.3. The van der Waals surface area contributed by atoms with Gasteiger partial charge in [0.05, 0.1) is 21.4 Å². The lowest BCUT2D eigenvalue weighted by Gasteiger charge is -2.06. The maximum Gasteiger partial charge on any atom is 0.363 e. The van der Waals surface area contributed by atoms with Crippen molar-refractivity contribution in [3.8, 4) is 5.75 Å². The van der Waals surface area contributed by atoms with Crippen LogP contribution in [-0.4, -0.2) is 22.8 Å². The third-order valence-corrected chi connectivity index (χ3v) is 4.21. The van der Waals surface area contributed by atoms with Crippen molar-refractivity contribution in [1.29, 1.82) is 0 Å². The summed E-state index contributed by atoms with van der Waals surface area (Å²) in [5, 5.41) is 11.1. The molecular formula is C20H15ClN2O6. The molecule has 0 atom stereocenters. The quantitative estimate of drug-likeness (QED) is 0.239. The van der Waals surface area contributed by atoms with E-state index in [4.69, 9.17) is 21.1 Å². The normalized spacial score (nSPS) is 14.7. The standard InChI is InChI=1S/C20H15ClN2O6/c1-11(2)19(24)28-14-6-3-12(4-7-14)9-17-20(25)29-18(22-17)15-10-13(23(26)27)5-8-16(15)21/h3-11H,1-2H3/b17-9-. The molecule has 2 aromatic rings. The number of carbonyl (C=O) groups is 2. The van der Waals surface area contributed by atoms with E-state index in [-0.39, 0.29) is 39.8 Å². The third-order valence-electron chi connectivity index (χ3n) is 3.89. The summed E-state index contributed by atoms with van der Waals surface area (Å²) in [4.78, 5) is 38.2. The highest BCUT2D eigenvalue weighted by molar-refractivity contribution is 6.34. The van der Waals surface area contributed by atoms with Crippen LogP contribution in [0.4, 0.5) is 5.69 Å². The minimum atomic E-state index is -0.710. The topological polar surface area (TPSA) is 108 Å². The van der Waals surface area contributed by atoms with Crippen molar-refractivity contribution >= 4 is 41.2 Å². The van der Waals surface area contributed by atoms with Gasteiger partial charge in [-0.1, -0.05) is 37.6 Å². The minimum absolute atomic E-state index is 0.00879. The zero-order valence-electron chi connectivity index (χ0n) is 15.4. The first-order valence-corrected chi connectivity index (χ1v) is 8.91. The fraction of sp³-hybridized carbons (Fsp3) is 0.150. The summed E-state index contributed by atoms with van der Waals surface area (Å²) in [7, 11) is 0. The lowest BCUT2D eigenvalue weighted by molar-refractivity contribution is -0.384. The van der Waals surface area contributed by atoms with Crippen molar-refractivity contribution in [3.05, 3.63) is 74.4 Å². The molecule has 0 amide bonds. The molecule has 1 aliphatic heterocycles. The maximum atomic E-state index is 12.1. The van der Waals surface area contributed by atoms with Gasteiger partial charge in [-0.3, -0.25) is 14.9 Å². The predicted molar refractivity (Wildman–Crippen MR) is 106 cm³/mol. The number of halogens is 1. The molecule has 8 nitrogen and oxygen atoms in total. The van der Waals surface area contributed by atoms with Gasteiger partial charge in [0.2, 0.25) is 5.90 Å². The molecule has 0 fully saturated rings. The van der Waals surface area contributed by atoms with Crippen molar-refractivity contribution in [2.24, 2.45) is 10.9 Å². The van der Waals surface area contributed by atoms with Gasteiger partial charge in [0.25, 0.3) is 5.69 Å². The Kier molecular flexibility index (Phi) is 5.74. The van der Waals surface area contributed by atoms with Crippen LogP contribution in [-0.2, 0) is 14.3 Å². The smallest absolute Gasteiger partial charge is 0.363 e. The molecule has 0 N–H and O–H groups in total. The lowest BCUT2D eigenvalue weighted by atomic mass is 10.2. The molecule has 0 spiro atoms. The highest BCUT2D eigenvalue weighted by atomic mass is 35.5. The van der Waals surface area contributed by atoms with Crippen LogP contribution < -0.4 is 4.74 Å². The molecule has 9 heteroatoms. The molecule has 3 rings (SSSR count). The van der Waals surface area contributed by atoms with Gasteiger partial charge in [0, 0.05) is 12.1 Å². The number of carbonyl (C=O) groups excluding carboxylic acids is 2. The molecule has 0 saturated carbocycles. The Morgan fingerprint density at radius 2 is 1.93 bits per heavy atom. The average Bonchev–Trinajstić information content (AvgIpc) is 3.03. The first-order chi connectivity index (χ1) is 13.7. The van der Waals surface area contributed by atoms with Crippen molar-refractivity contribution in [2.45, 2.75) is 13.8 Å². The molecule has 0 bridgehead atoms. The second-order valence-electron chi connectivity index (χ2n) is 6.40. The summed E-state index contributed by atoms with van der Waals surface area (Å²) in [6.45, 7) is 3.46. The van der Waals surface area contributed by atoms with E-state index in [1.165, 1.54) is 24.3 Å². The average molecular weight is 415 g/mol. The molecule has 0 unspecified atom stereocenters. The summed E-state index contributed by atoms with van der Waals surface area (Å²) >= 11 is 6.06. The zero-order chi connectivity index (χ0) is 21.1. The van der Waals surface area contributed by atoms with E-state index in [1.807, 2.05) is 0 Å². The van der Waals surface area contributed by atoms with Crippen LogP contribution in [0.2, 0.25) is 5.02 Å². The van der Waals surface area contributed by atoms with Crippen molar-refractivity contribution in [2.75, 3.05) is 0 Å². The van der Waals surface area contributed by atoms with E-state index in [0.717, 1.165) is 0 Å². The van der Waals surface area contributed by atoms with Gasteiger partial charge in [-0.15, -0.1) is 0 Å². The molecule has 0 radical (unpaired) electrons. The van der Waals surface area contributed by atoms with Crippen LogP contribution in [0.1, 0.15) is 25.0 Å². The number of rotatable bonds is 5. The SMILES string of the molecule is CC(C)C(=O)Oc1ccc(/C=C2\N=C(c3cc([N+](=O)[O-])ccc3Cl)OC2=O)cc1. The number of ether oxygens (including phenoxy) is 2. The van der Waals surface area contributed by atoms with Gasteiger partial charge in [0.1, 0.15) is 5.75 Å². The van der Waals surface area contributed by atoms with E-state index < -0.39 is 10.9 Å². The molecule has 2 aromatic carbocycles. The second-order valence-corrected chi connectivity index (χ2v) is 6.81. The van der Waals surface area contributed by atoms with Gasteiger partial charge in [0.15, 0.2) is 5.70 Å². The van der Waals surface area contributed by atoms with Crippen molar-refractivity contribution < 1.29 is 24.0 Å². The first-order valence-electron chi connectivity index (χ1n) is 8.53. The summed E-state index contributed by atoms with van der Waals surface area (Å²) in [6, 6.07) is 10.3. The molecular weight excluding hydrogens is 400 g/mol. The number of nitro benzene ring substituents is 1. The van der Waals surface area contributed by atoms with Gasteiger partial charge in [-0.05, 0) is 29.8 Å². The van der Waals surface area contributed by atoms with E-state index >= 15 is 0 Å². The molecule has 29 heavy (non-hydrogen) atoms. The van der Waals surface area contributed by atoms with Gasteiger partial charge < -0.3 is 9.47 Å². The number of nitrogens with zero attached hydrogens (tertiary/aromatic N) is 2. The Balaban J connectivity index is 1.85. The number of benzene rings is 2. The Hall–Kier alpha value is -3.52. The molecule has 148 valence electrons. The number of nitro groups is 1. The number of aliphatic imine (C=N–C) groups is 1. The van der Waals surface area contributed by atoms with Crippen molar-refractivity contribution in [3.63, 3.8) is 0 Å². The fourth-order valence-corrected chi connectivity index (χ4v) is 2.54. The second kappa shape index (κ2) is 8.24. The molecule has 0 aliphatic carbocycles. The van der Waals surface area contributed by atoms with Gasteiger partial charge in [-0.2, -0.15) is 0 Å². The van der Waals surface area contributed by atoms with Crippen LogP contribution in [0.15, 0.2) is 53.2 Å². The number of cyclic esters (lactones) is 1. The van der Waals surface area contributed by atoms with Crippen LogP contribution in [0, 0.1) is 16.0 Å². The monoisotopic (exact) mass is 414 g/mol. The Morgan fingerprint density at radius 3 is 2.55 bits per heavy atom. The molecule has 0 saturated heterocycles. The largest absolute Gasteiger partial charge is 0.426 e. The van der Waals surface area contributed by atoms with Crippen LogP contribution in [0.25, 0.3) is 6.08 Å². The summed E-state index contributed by atoms with van der Waals surface area (Å²) in [5.41, 5.74) is 0.576. The zero-order valence-corrected chi connectivity index (χ0v) is 16.2. The van der Waals surface area contributed by atoms with E-state index in [0.29, 0.717) is 11.3 Å². The van der Waals surface area contributed by atoms with Crippen molar-refractivity contribution in [1.82, 2.24) is 0 Å². The number of hydrogen-bond acceptors (Lipinski definition) is 7. The van der Waals surface area contributed by atoms with Crippen LogP contribution in [0.5, 0.6) is 5.75 Å². The third kappa shape index (κ3) is 4.67. The highest BCUT2D eigenvalue weighted by Gasteiger charge is 2.27.